The quantitative estimate of drug-likeness (QED) is 0.588. The number of hydrogen-bond donors (Lipinski definition) is 1. The van der Waals surface area contributed by atoms with Gasteiger partial charge in [-0.2, -0.15) is 5.10 Å². The van der Waals surface area contributed by atoms with E-state index >= 15 is 0 Å². The number of aromatic nitrogens is 3. The molecule has 0 bridgehead atoms. The Hall–Kier alpha value is -3.47. The van der Waals surface area contributed by atoms with E-state index in [1.807, 2.05) is 81.6 Å². The maximum absolute atomic E-state index is 13.1. The highest BCUT2D eigenvalue weighted by atomic mass is 16.1. The van der Waals surface area contributed by atoms with Crippen LogP contribution in [0.3, 0.4) is 0 Å². The number of nitrogens with zero attached hydrogens (tertiary/aromatic N) is 3. The van der Waals surface area contributed by atoms with Gasteiger partial charge in [0.15, 0.2) is 5.65 Å². The Bertz CT molecular complexity index is 1150. The molecule has 4 aromatic rings. The molecule has 0 fully saturated rings. The van der Waals surface area contributed by atoms with Crippen LogP contribution in [0.2, 0.25) is 0 Å². The maximum atomic E-state index is 13.1. The summed E-state index contributed by atoms with van der Waals surface area (Å²) < 4.78 is 1.72. The number of carbonyl (C=O) groups excluding carboxylic acids is 1. The Labute approximate surface area is 157 Å². The van der Waals surface area contributed by atoms with Gasteiger partial charge in [-0.1, -0.05) is 42.5 Å². The minimum absolute atomic E-state index is 0.165. The molecule has 27 heavy (non-hydrogen) atoms. The Morgan fingerprint density at radius 1 is 1.00 bits per heavy atom. The number of fused-ring (bicyclic) bond motifs is 1. The molecule has 0 aliphatic heterocycles. The molecule has 1 amide bonds. The predicted molar refractivity (Wildman–Crippen MR) is 108 cm³/mol. The highest BCUT2D eigenvalue weighted by Crippen LogP contribution is 2.27. The molecule has 0 atom stereocenters. The Morgan fingerprint density at radius 3 is 2.52 bits per heavy atom. The van der Waals surface area contributed by atoms with Gasteiger partial charge in [0, 0.05) is 18.3 Å². The predicted octanol–water partition coefficient (Wildman–Crippen LogP) is 4.50. The molecule has 0 aliphatic carbocycles. The third kappa shape index (κ3) is 3.19. The smallest absolute Gasteiger partial charge is 0.256 e. The minimum atomic E-state index is -0.165. The van der Waals surface area contributed by atoms with Gasteiger partial charge >= 0.3 is 0 Å². The molecule has 134 valence electrons. The van der Waals surface area contributed by atoms with E-state index in [1.54, 1.807) is 4.68 Å². The van der Waals surface area contributed by atoms with Gasteiger partial charge in [0.1, 0.15) is 0 Å². The lowest BCUT2D eigenvalue weighted by Crippen LogP contribution is -2.13. The molecule has 0 radical (unpaired) electrons. The van der Waals surface area contributed by atoms with Gasteiger partial charge in [-0.05, 0) is 37.6 Å². The van der Waals surface area contributed by atoms with Crippen LogP contribution in [0.15, 0.2) is 60.7 Å². The summed E-state index contributed by atoms with van der Waals surface area (Å²) in [7, 11) is 1.85. The van der Waals surface area contributed by atoms with Crippen molar-refractivity contribution in [3.63, 3.8) is 0 Å². The van der Waals surface area contributed by atoms with Crippen molar-refractivity contribution >= 4 is 22.6 Å². The van der Waals surface area contributed by atoms with Crippen molar-refractivity contribution in [2.75, 3.05) is 5.32 Å². The summed E-state index contributed by atoms with van der Waals surface area (Å²) in [6.07, 6.45) is 0. The lowest BCUT2D eigenvalue weighted by atomic mass is 10.0. The fraction of sp³-hybridized carbons (Fsp3) is 0.136. The van der Waals surface area contributed by atoms with Crippen LogP contribution in [0.5, 0.6) is 0 Å². The van der Waals surface area contributed by atoms with Gasteiger partial charge < -0.3 is 5.32 Å². The largest absolute Gasteiger partial charge is 0.322 e. The van der Waals surface area contributed by atoms with Crippen molar-refractivity contribution in [1.29, 1.82) is 0 Å². The van der Waals surface area contributed by atoms with E-state index < -0.39 is 0 Å². The van der Waals surface area contributed by atoms with Crippen molar-refractivity contribution in [2.24, 2.45) is 7.05 Å². The molecule has 1 N–H and O–H groups in total. The molecule has 2 aromatic heterocycles. The number of aryl methyl sites for hydroxylation is 3. The molecular weight excluding hydrogens is 336 g/mol. The van der Waals surface area contributed by atoms with Gasteiger partial charge in [0.2, 0.25) is 0 Å². The number of anilines is 1. The molecule has 4 rings (SSSR count). The van der Waals surface area contributed by atoms with Gasteiger partial charge in [0.05, 0.1) is 22.3 Å². The van der Waals surface area contributed by atoms with Gasteiger partial charge in [-0.25, -0.2) is 4.98 Å². The molecule has 5 heteroatoms. The average molecular weight is 356 g/mol. The fourth-order valence-corrected chi connectivity index (χ4v) is 3.30. The van der Waals surface area contributed by atoms with Crippen LogP contribution < -0.4 is 5.32 Å². The average Bonchev–Trinajstić information content (AvgIpc) is 2.96. The summed E-state index contributed by atoms with van der Waals surface area (Å²) in [6.45, 7) is 3.90. The molecular formula is C22H20N4O. The van der Waals surface area contributed by atoms with Crippen LogP contribution in [-0.2, 0) is 7.05 Å². The Morgan fingerprint density at radius 2 is 1.78 bits per heavy atom. The van der Waals surface area contributed by atoms with E-state index in [0.717, 1.165) is 33.6 Å². The van der Waals surface area contributed by atoms with Crippen LogP contribution >= 0.6 is 0 Å². The van der Waals surface area contributed by atoms with E-state index in [4.69, 9.17) is 4.98 Å². The maximum Gasteiger partial charge on any atom is 0.256 e. The number of amides is 1. The summed E-state index contributed by atoms with van der Waals surface area (Å²) in [4.78, 5) is 17.9. The zero-order valence-electron chi connectivity index (χ0n) is 15.5. The van der Waals surface area contributed by atoms with Crippen molar-refractivity contribution in [3.8, 4) is 11.3 Å². The van der Waals surface area contributed by atoms with Crippen LogP contribution in [-0.4, -0.2) is 20.7 Å². The monoisotopic (exact) mass is 356 g/mol. The van der Waals surface area contributed by atoms with Crippen molar-refractivity contribution in [1.82, 2.24) is 14.8 Å². The summed E-state index contributed by atoms with van der Waals surface area (Å²) >= 11 is 0. The molecule has 2 heterocycles. The van der Waals surface area contributed by atoms with Gasteiger partial charge in [-0.3, -0.25) is 9.48 Å². The molecule has 0 saturated carbocycles. The molecule has 5 nitrogen and oxygen atoms in total. The standard InChI is InChI=1S/C22H20N4O/c1-14-8-7-11-17(12-14)23-22(27)18-13-19(16-9-5-4-6-10-16)24-21-20(18)15(2)25-26(21)3/h4-13H,1-3H3,(H,23,27). The third-order valence-corrected chi connectivity index (χ3v) is 4.56. The van der Waals surface area contributed by atoms with Crippen molar-refractivity contribution in [2.45, 2.75) is 13.8 Å². The van der Waals surface area contributed by atoms with E-state index in [9.17, 15) is 4.79 Å². The first-order valence-corrected chi connectivity index (χ1v) is 8.81. The first-order valence-electron chi connectivity index (χ1n) is 8.81. The van der Waals surface area contributed by atoms with Crippen molar-refractivity contribution < 1.29 is 4.79 Å². The summed E-state index contributed by atoms with van der Waals surface area (Å²) in [5, 5.41) is 8.25. The first kappa shape index (κ1) is 17.0. The number of rotatable bonds is 3. The first-order chi connectivity index (χ1) is 13.0. The second-order valence-corrected chi connectivity index (χ2v) is 6.65. The zero-order valence-corrected chi connectivity index (χ0v) is 15.5. The number of pyridine rings is 1. The lowest BCUT2D eigenvalue weighted by Gasteiger charge is -2.10. The summed E-state index contributed by atoms with van der Waals surface area (Å²) in [6, 6.07) is 19.5. The molecule has 0 aliphatic rings. The number of nitrogens with one attached hydrogen (secondary N) is 1. The van der Waals surface area contributed by atoms with Crippen LogP contribution in [0.4, 0.5) is 5.69 Å². The van der Waals surface area contributed by atoms with Crippen LogP contribution in [0, 0.1) is 13.8 Å². The highest BCUT2D eigenvalue weighted by molar-refractivity contribution is 6.13. The zero-order chi connectivity index (χ0) is 19.0. The fourth-order valence-electron chi connectivity index (χ4n) is 3.30. The highest BCUT2D eigenvalue weighted by Gasteiger charge is 2.19. The second-order valence-electron chi connectivity index (χ2n) is 6.65. The minimum Gasteiger partial charge on any atom is -0.322 e. The number of carbonyl (C=O) groups is 1. The molecule has 2 aromatic carbocycles. The van der Waals surface area contributed by atoms with E-state index in [0.29, 0.717) is 11.2 Å². The second kappa shape index (κ2) is 6.68. The molecule has 0 spiro atoms. The third-order valence-electron chi connectivity index (χ3n) is 4.56. The SMILES string of the molecule is Cc1cccc(NC(=O)c2cc(-c3ccccc3)nc3c2c(C)nn3C)c1. The Kier molecular flexibility index (Phi) is 4.20. The van der Waals surface area contributed by atoms with E-state index in [-0.39, 0.29) is 5.91 Å². The Balaban J connectivity index is 1.86. The van der Waals surface area contributed by atoms with E-state index in [1.165, 1.54) is 0 Å². The molecule has 0 unspecified atom stereocenters. The molecule has 0 saturated heterocycles. The van der Waals surface area contributed by atoms with Crippen LogP contribution in [0.1, 0.15) is 21.6 Å². The normalized spacial score (nSPS) is 10.9. The number of benzene rings is 2. The van der Waals surface area contributed by atoms with E-state index in [2.05, 4.69) is 10.4 Å². The number of hydrogen-bond acceptors (Lipinski definition) is 3. The summed E-state index contributed by atoms with van der Waals surface area (Å²) in [5.74, 6) is -0.165. The topological polar surface area (TPSA) is 59.8 Å². The van der Waals surface area contributed by atoms with Crippen molar-refractivity contribution in [3.05, 3.63) is 77.5 Å². The van der Waals surface area contributed by atoms with Crippen LogP contribution in [0.25, 0.3) is 22.3 Å². The van der Waals surface area contributed by atoms with Gasteiger partial charge in [-0.15, -0.1) is 0 Å². The van der Waals surface area contributed by atoms with Gasteiger partial charge in [0.25, 0.3) is 5.91 Å². The summed E-state index contributed by atoms with van der Waals surface area (Å²) in [5.41, 5.74) is 5.63. The lowest BCUT2D eigenvalue weighted by molar-refractivity contribution is 0.102.